The molecule has 0 spiro atoms. The van der Waals surface area contributed by atoms with Gasteiger partial charge in [0.1, 0.15) is 5.75 Å². The van der Waals surface area contributed by atoms with Crippen molar-refractivity contribution in [2.75, 3.05) is 0 Å². The standard InChI is InChI=1S/C18H30O3S.C6H7NO/c1-2-3-4-5-6-7-8-9-10-11-14-17-15-12-13-16-18(17)22(19,20)21;7-8-6-4-2-1-3-5-6/h12-13,15-16H,2-11,14H2,1H3,(H,19,20,21);1-5H,7H2. The highest BCUT2D eigenvalue weighted by Crippen LogP contribution is 2.18. The molecule has 0 aliphatic heterocycles. The molecule has 5 nitrogen and oxygen atoms in total. The summed E-state index contributed by atoms with van der Waals surface area (Å²) in [6.45, 7) is 2.24. The fraction of sp³-hybridized carbons (Fsp3) is 0.500. The topological polar surface area (TPSA) is 89.6 Å². The van der Waals surface area contributed by atoms with Crippen molar-refractivity contribution in [3.05, 3.63) is 60.2 Å². The average molecular weight is 436 g/mol. The van der Waals surface area contributed by atoms with E-state index in [2.05, 4.69) is 11.8 Å². The zero-order chi connectivity index (χ0) is 22.1. The van der Waals surface area contributed by atoms with Crippen molar-refractivity contribution >= 4 is 10.1 Å². The van der Waals surface area contributed by atoms with Crippen LogP contribution < -0.4 is 10.7 Å². The summed E-state index contributed by atoms with van der Waals surface area (Å²) in [5.41, 5.74) is 0.726. The van der Waals surface area contributed by atoms with Crippen LogP contribution in [0.1, 0.15) is 76.7 Å². The third-order valence-electron chi connectivity index (χ3n) is 4.93. The Morgan fingerprint density at radius 3 is 1.77 bits per heavy atom. The Balaban J connectivity index is 0.000000467. The van der Waals surface area contributed by atoms with Gasteiger partial charge >= 0.3 is 0 Å². The largest absolute Gasteiger partial charge is 0.412 e. The third kappa shape index (κ3) is 12.0. The van der Waals surface area contributed by atoms with E-state index >= 15 is 0 Å². The minimum absolute atomic E-state index is 0.0610. The minimum Gasteiger partial charge on any atom is -0.412 e. The summed E-state index contributed by atoms with van der Waals surface area (Å²) >= 11 is 0. The molecule has 2 aromatic carbocycles. The second kappa shape index (κ2) is 15.9. The van der Waals surface area contributed by atoms with Crippen LogP contribution in [-0.2, 0) is 16.5 Å². The normalized spacial score (nSPS) is 10.9. The summed E-state index contributed by atoms with van der Waals surface area (Å²) in [7, 11) is -4.10. The first-order chi connectivity index (χ1) is 14.5. The van der Waals surface area contributed by atoms with Gasteiger partial charge in [-0.15, -0.1) is 0 Å². The summed E-state index contributed by atoms with van der Waals surface area (Å²) in [5, 5.41) is 0. The molecule has 0 fully saturated rings. The Kier molecular flexibility index (Phi) is 13.8. The lowest BCUT2D eigenvalue weighted by molar-refractivity contribution is 0.334. The van der Waals surface area contributed by atoms with Gasteiger partial charge in [-0.3, -0.25) is 4.55 Å². The van der Waals surface area contributed by atoms with Crippen molar-refractivity contribution in [1.29, 1.82) is 0 Å². The number of hydrogen-bond acceptors (Lipinski definition) is 4. The van der Waals surface area contributed by atoms with Crippen LogP contribution in [0.2, 0.25) is 0 Å². The van der Waals surface area contributed by atoms with Gasteiger partial charge in [0.15, 0.2) is 0 Å². The Bertz CT molecular complexity index is 779. The van der Waals surface area contributed by atoms with Crippen molar-refractivity contribution < 1.29 is 17.8 Å². The SMILES string of the molecule is CCCCCCCCCCCCc1ccccc1S(=O)(=O)O.NOc1ccccc1. The van der Waals surface area contributed by atoms with Crippen molar-refractivity contribution in [3.8, 4) is 5.75 Å². The van der Waals surface area contributed by atoms with Crippen LogP contribution in [0.3, 0.4) is 0 Å². The average Bonchev–Trinajstić information content (AvgIpc) is 2.75. The minimum atomic E-state index is -4.10. The van der Waals surface area contributed by atoms with E-state index in [-0.39, 0.29) is 4.90 Å². The lowest BCUT2D eigenvalue weighted by atomic mass is 10.0. The lowest BCUT2D eigenvalue weighted by Crippen LogP contribution is -2.03. The number of unbranched alkanes of at least 4 members (excludes halogenated alkanes) is 9. The van der Waals surface area contributed by atoms with E-state index in [9.17, 15) is 13.0 Å². The van der Waals surface area contributed by atoms with Gasteiger partial charge in [0.25, 0.3) is 10.1 Å². The number of rotatable bonds is 13. The molecule has 0 bridgehead atoms. The molecule has 168 valence electrons. The van der Waals surface area contributed by atoms with Gasteiger partial charge in [0, 0.05) is 0 Å². The summed E-state index contributed by atoms with van der Waals surface area (Å²) < 4.78 is 31.8. The highest BCUT2D eigenvalue weighted by Gasteiger charge is 2.13. The highest BCUT2D eigenvalue weighted by molar-refractivity contribution is 7.85. The van der Waals surface area contributed by atoms with E-state index in [0.717, 1.165) is 18.4 Å². The lowest BCUT2D eigenvalue weighted by Gasteiger charge is -2.07. The molecule has 0 amide bonds. The molecule has 0 heterocycles. The summed E-state index contributed by atoms with van der Waals surface area (Å²) in [6.07, 6.45) is 13.3. The molecular formula is C24H37NO4S. The molecule has 0 aliphatic rings. The Hall–Kier alpha value is -1.89. The maximum atomic E-state index is 11.3. The number of aryl methyl sites for hydroxylation is 1. The van der Waals surface area contributed by atoms with Gasteiger partial charge in [-0.25, -0.2) is 0 Å². The molecule has 30 heavy (non-hydrogen) atoms. The summed E-state index contributed by atoms with van der Waals surface area (Å²) in [6, 6.07) is 15.9. The van der Waals surface area contributed by atoms with E-state index < -0.39 is 10.1 Å². The van der Waals surface area contributed by atoms with Crippen LogP contribution in [0.15, 0.2) is 59.5 Å². The van der Waals surface area contributed by atoms with Crippen LogP contribution in [0.25, 0.3) is 0 Å². The van der Waals surface area contributed by atoms with Gasteiger partial charge < -0.3 is 4.84 Å². The van der Waals surface area contributed by atoms with Crippen molar-refractivity contribution in [2.24, 2.45) is 5.90 Å². The van der Waals surface area contributed by atoms with Gasteiger partial charge in [-0.05, 0) is 36.6 Å². The maximum absolute atomic E-state index is 11.3. The first-order valence-corrected chi connectivity index (χ1v) is 12.4. The number of benzene rings is 2. The first-order valence-electron chi connectivity index (χ1n) is 11.0. The molecule has 0 aromatic heterocycles. The first kappa shape index (κ1) is 26.1. The maximum Gasteiger partial charge on any atom is 0.294 e. The molecule has 2 rings (SSSR count). The van der Waals surface area contributed by atoms with E-state index in [1.165, 1.54) is 57.4 Å². The molecule has 2 aromatic rings. The molecule has 0 saturated carbocycles. The van der Waals surface area contributed by atoms with Crippen LogP contribution in [-0.4, -0.2) is 13.0 Å². The van der Waals surface area contributed by atoms with Gasteiger partial charge in [0.05, 0.1) is 4.90 Å². The van der Waals surface area contributed by atoms with Crippen LogP contribution in [0.5, 0.6) is 5.75 Å². The van der Waals surface area contributed by atoms with E-state index in [4.69, 9.17) is 5.90 Å². The summed E-state index contributed by atoms with van der Waals surface area (Å²) in [4.78, 5) is 4.48. The summed E-state index contributed by atoms with van der Waals surface area (Å²) in [5.74, 6) is 5.54. The Labute approximate surface area is 182 Å². The molecule has 0 aliphatic carbocycles. The number of hydrogen-bond donors (Lipinski definition) is 2. The van der Waals surface area contributed by atoms with Crippen LogP contribution in [0.4, 0.5) is 0 Å². The molecule has 6 heteroatoms. The predicted molar refractivity (Wildman–Crippen MR) is 123 cm³/mol. The molecule has 0 radical (unpaired) electrons. The predicted octanol–water partition coefficient (Wildman–Crippen LogP) is 6.34. The Morgan fingerprint density at radius 2 is 1.27 bits per heavy atom. The van der Waals surface area contributed by atoms with Gasteiger partial charge in [-0.1, -0.05) is 101 Å². The monoisotopic (exact) mass is 435 g/mol. The quantitative estimate of drug-likeness (QED) is 0.218. The van der Waals surface area contributed by atoms with Crippen LogP contribution in [0, 0.1) is 0 Å². The van der Waals surface area contributed by atoms with Gasteiger partial charge in [-0.2, -0.15) is 14.3 Å². The fourth-order valence-corrected chi connectivity index (χ4v) is 4.02. The molecule has 0 atom stereocenters. The molecule has 0 unspecified atom stereocenters. The zero-order valence-corrected chi connectivity index (χ0v) is 18.9. The number of para-hydroxylation sites is 1. The smallest absolute Gasteiger partial charge is 0.294 e. The molecule has 0 saturated heterocycles. The Morgan fingerprint density at radius 1 is 0.767 bits per heavy atom. The van der Waals surface area contributed by atoms with Crippen molar-refractivity contribution in [1.82, 2.24) is 0 Å². The third-order valence-corrected chi connectivity index (χ3v) is 5.88. The number of nitrogens with two attached hydrogens (primary N) is 1. The van der Waals surface area contributed by atoms with Crippen LogP contribution >= 0.6 is 0 Å². The van der Waals surface area contributed by atoms with Crippen molar-refractivity contribution in [3.63, 3.8) is 0 Å². The van der Waals surface area contributed by atoms with Crippen molar-refractivity contribution in [2.45, 2.75) is 82.4 Å². The molecular weight excluding hydrogens is 398 g/mol. The van der Waals surface area contributed by atoms with E-state index in [1.54, 1.807) is 24.3 Å². The zero-order valence-electron chi connectivity index (χ0n) is 18.1. The van der Waals surface area contributed by atoms with Gasteiger partial charge in [0.2, 0.25) is 0 Å². The van der Waals surface area contributed by atoms with E-state index in [1.807, 2.05) is 24.3 Å². The van der Waals surface area contributed by atoms with E-state index in [0.29, 0.717) is 12.2 Å². The fourth-order valence-electron chi connectivity index (χ4n) is 3.26. The highest BCUT2D eigenvalue weighted by atomic mass is 32.2. The molecule has 3 N–H and O–H groups in total. The second-order valence-corrected chi connectivity index (χ2v) is 8.84. The second-order valence-electron chi connectivity index (χ2n) is 7.45.